The zero-order valence-electron chi connectivity index (χ0n) is 16.9. The molecule has 1 aliphatic rings. The molecule has 1 N–H and O–H groups in total. The zero-order chi connectivity index (χ0) is 23.0. The van der Waals surface area contributed by atoms with Gasteiger partial charge in [0.15, 0.2) is 0 Å². The third kappa shape index (κ3) is 4.99. The Bertz CT molecular complexity index is 1050. The number of nitrogens with zero attached hydrogens (tertiary/aromatic N) is 3. The number of benzene rings is 1. The largest absolute Gasteiger partial charge is 0.481 e. The summed E-state index contributed by atoms with van der Waals surface area (Å²) < 4.78 is 66.2. The van der Waals surface area contributed by atoms with Crippen LogP contribution in [0.15, 0.2) is 47.5 Å². The molecular formula is C20H22F3N3O4S. The maximum absolute atomic E-state index is 13.3. The minimum Gasteiger partial charge on any atom is -0.481 e. The Kier molecular flexibility index (Phi) is 6.28. The van der Waals surface area contributed by atoms with Crippen molar-refractivity contribution in [2.24, 2.45) is 0 Å². The van der Waals surface area contributed by atoms with Gasteiger partial charge in [-0.3, -0.25) is 4.79 Å². The highest BCUT2D eigenvalue weighted by Gasteiger charge is 2.39. The molecule has 168 valence electrons. The molecule has 2 unspecified atom stereocenters. The van der Waals surface area contributed by atoms with E-state index in [0.29, 0.717) is 11.4 Å². The minimum atomic E-state index is -4.48. The number of alkyl halides is 3. The van der Waals surface area contributed by atoms with E-state index in [1.807, 2.05) is 0 Å². The van der Waals surface area contributed by atoms with Crippen LogP contribution in [0.5, 0.6) is 0 Å². The third-order valence-electron chi connectivity index (χ3n) is 5.07. The molecular weight excluding hydrogens is 435 g/mol. The fourth-order valence-electron chi connectivity index (χ4n) is 3.82. The van der Waals surface area contributed by atoms with Crippen molar-refractivity contribution in [1.82, 2.24) is 9.29 Å². The number of carboxylic acids is 1. The molecule has 1 aromatic carbocycles. The van der Waals surface area contributed by atoms with Crippen molar-refractivity contribution < 1.29 is 31.5 Å². The lowest BCUT2D eigenvalue weighted by molar-refractivity contribution is -0.138. The molecule has 2 atom stereocenters. The fraction of sp³-hybridized carbons (Fsp3) is 0.400. The smallest absolute Gasteiger partial charge is 0.417 e. The molecule has 0 radical (unpaired) electrons. The number of carbonyl (C=O) groups is 1. The lowest BCUT2D eigenvalue weighted by Crippen LogP contribution is -2.58. The van der Waals surface area contributed by atoms with Crippen molar-refractivity contribution in [1.29, 1.82) is 0 Å². The molecule has 0 spiro atoms. The number of hydrogen-bond acceptors (Lipinski definition) is 5. The highest BCUT2D eigenvalue weighted by Crippen LogP contribution is 2.31. The SMILES string of the molecule is CC1CN(c2ccc(C(F)(F)F)cn2)CC(C)N1S(=O)(=O)c1cccc(CC(=O)O)c1. The molecule has 0 aliphatic carbocycles. The van der Waals surface area contributed by atoms with Gasteiger partial charge in [0.25, 0.3) is 0 Å². The van der Waals surface area contributed by atoms with Gasteiger partial charge in [-0.2, -0.15) is 17.5 Å². The van der Waals surface area contributed by atoms with Crippen molar-refractivity contribution in [3.05, 3.63) is 53.7 Å². The standard InChI is InChI=1S/C20H22F3N3O4S/c1-13-11-25(18-7-6-16(10-24-18)20(21,22)23)12-14(2)26(13)31(29,30)17-5-3-4-15(8-17)9-19(27)28/h3-8,10,13-14H,9,11-12H2,1-2H3,(H,27,28). The van der Waals surface area contributed by atoms with E-state index >= 15 is 0 Å². The van der Waals surface area contributed by atoms with E-state index in [0.717, 1.165) is 12.3 Å². The Morgan fingerprint density at radius 1 is 1.16 bits per heavy atom. The maximum atomic E-state index is 13.3. The number of pyridine rings is 1. The van der Waals surface area contributed by atoms with Gasteiger partial charge >= 0.3 is 12.1 Å². The summed E-state index contributed by atoms with van der Waals surface area (Å²) in [4.78, 5) is 16.6. The minimum absolute atomic E-state index is 0.00561. The van der Waals surface area contributed by atoms with Crippen LogP contribution in [-0.2, 0) is 27.4 Å². The van der Waals surface area contributed by atoms with Crippen LogP contribution in [0.1, 0.15) is 25.0 Å². The summed E-state index contributed by atoms with van der Waals surface area (Å²) >= 11 is 0. The first-order valence-electron chi connectivity index (χ1n) is 9.52. The van der Waals surface area contributed by atoms with E-state index in [4.69, 9.17) is 5.11 Å². The Morgan fingerprint density at radius 3 is 2.32 bits per heavy atom. The van der Waals surface area contributed by atoms with Gasteiger partial charge in [0, 0.05) is 31.4 Å². The predicted molar refractivity (Wildman–Crippen MR) is 107 cm³/mol. The lowest BCUT2D eigenvalue weighted by atomic mass is 10.1. The summed E-state index contributed by atoms with van der Waals surface area (Å²) in [6.07, 6.45) is -4.00. The van der Waals surface area contributed by atoms with E-state index < -0.39 is 39.8 Å². The highest BCUT2D eigenvalue weighted by atomic mass is 32.2. The maximum Gasteiger partial charge on any atom is 0.417 e. The van der Waals surface area contributed by atoms with E-state index in [1.54, 1.807) is 24.8 Å². The number of piperazine rings is 1. The molecule has 1 saturated heterocycles. The first-order valence-corrected chi connectivity index (χ1v) is 11.0. The van der Waals surface area contributed by atoms with Crippen LogP contribution in [0.3, 0.4) is 0 Å². The second-order valence-electron chi connectivity index (χ2n) is 7.56. The normalized spacial score (nSPS) is 20.6. The summed E-state index contributed by atoms with van der Waals surface area (Å²) in [5, 5.41) is 8.96. The zero-order valence-corrected chi connectivity index (χ0v) is 17.7. The van der Waals surface area contributed by atoms with Crippen molar-refractivity contribution >= 4 is 21.8 Å². The number of aliphatic carboxylic acids is 1. The summed E-state index contributed by atoms with van der Waals surface area (Å²) in [7, 11) is -3.91. The molecule has 0 bridgehead atoms. The quantitative estimate of drug-likeness (QED) is 0.742. The molecule has 1 aliphatic heterocycles. The van der Waals surface area contributed by atoms with E-state index in [9.17, 15) is 26.4 Å². The van der Waals surface area contributed by atoms with Gasteiger partial charge in [0.1, 0.15) is 5.82 Å². The fourth-order valence-corrected chi connectivity index (χ4v) is 5.70. The topological polar surface area (TPSA) is 90.8 Å². The van der Waals surface area contributed by atoms with Gasteiger partial charge in [-0.1, -0.05) is 12.1 Å². The molecule has 11 heteroatoms. The van der Waals surface area contributed by atoms with Crippen LogP contribution in [0, 0.1) is 0 Å². The van der Waals surface area contributed by atoms with E-state index in [-0.39, 0.29) is 24.4 Å². The molecule has 2 heterocycles. The number of aromatic nitrogens is 1. The Balaban J connectivity index is 1.82. The van der Waals surface area contributed by atoms with Crippen LogP contribution in [0.4, 0.5) is 19.0 Å². The summed E-state index contributed by atoms with van der Waals surface area (Å²) in [6.45, 7) is 3.92. The van der Waals surface area contributed by atoms with Gasteiger partial charge in [0.05, 0.1) is 16.9 Å². The van der Waals surface area contributed by atoms with Crippen molar-refractivity contribution in [3.8, 4) is 0 Å². The summed E-state index contributed by atoms with van der Waals surface area (Å²) in [5.74, 6) is -0.721. The summed E-state index contributed by atoms with van der Waals surface area (Å²) in [6, 6.07) is 7.09. The molecule has 3 rings (SSSR count). The average molecular weight is 457 g/mol. The number of rotatable bonds is 5. The molecule has 0 saturated carbocycles. The number of halogens is 3. The Labute approximate surface area is 178 Å². The van der Waals surface area contributed by atoms with Crippen LogP contribution in [-0.4, -0.2) is 54.0 Å². The van der Waals surface area contributed by atoms with E-state index in [1.165, 1.54) is 28.6 Å². The van der Waals surface area contributed by atoms with Gasteiger partial charge in [-0.05, 0) is 43.7 Å². The van der Waals surface area contributed by atoms with Crippen molar-refractivity contribution in [2.45, 2.75) is 43.4 Å². The van der Waals surface area contributed by atoms with Gasteiger partial charge in [-0.25, -0.2) is 13.4 Å². The number of anilines is 1. The van der Waals surface area contributed by atoms with Gasteiger partial charge in [0.2, 0.25) is 10.0 Å². The number of carboxylic acid groups (broad SMARTS) is 1. The second kappa shape index (κ2) is 8.46. The Morgan fingerprint density at radius 2 is 1.81 bits per heavy atom. The average Bonchev–Trinajstić information content (AvgIpc) is 2.66. The van der Waals surface area contributed by atoms with Crippen LogP contribution in [0.25, 0.3) is 0 Å². The summed E-state index contributed by atoms with van der Waals surface area (Å²) in [5.41, 5.74) is -0.471. The first-order chi connectivity index (χ1) is 14.4. The van der Waals surface area contributed by atoms with Crippen LogP contribution < -0.4 is 4.90 Å². The van der Waals surface area contributed by atoms with Crippen molar-refractivity contribution in [2.75, 3.05) is 18.0 Å². The van der Waals surface area contributed by atoms with Crippen LogP contribution >= 0.6 is 0 Å². The number of sulfonamides is 1. The second-order valence-corrected chi connectivity index (χ2v) is 9.40. The van der Waals surface area contributed by atoms with E-state index in [2.05, 4.69) is 4.98 Å². The molecule has 31 heavy (non-hydrogen) atoms. The predicted octanol–water partition coefficient (Wildman–Crippen LogP) is 3.02. The molecule has 0 amide bonds. The Hall–Kier alpha value is -2.66. The van der Waals surface area contributed by atoms with Gasteiger partial charge < -0.3 is 10.0 Å². The lowest BCUT2D eigenvalue weighted by Gasteiger charge is -2.43. The van der Waals surface area contributed by atoms with Crippen LogP contribution in [0.2, 0.25) is 0 Å². The monoisotopic (exact) mass is 457 g/mol. The molecule has 7 nitrogen and oxygen atoms in total. The molecule has 1 aromatic heterocycles. The van der Waals surface area contributed by atoms with Crippen molar-refractivity contribution in [3.63, 3.8) is 0 Å². The molecule has 2 aromatic rings. The highest BCUT2D eigenvalue weighted by molar-refractivity contribution is 7.89. The van der Waals surface area contributed by atoms with Gasteiger partial charge in [-0.15, -0.1) is 0 Å². The number of hydrogen-bond donors (Lipinski definition) is 1. The third-order valence-corrected chi connectivity index (χ3v) is 7.19. The first kappa shape index (κ1) is 23.0. The molecule has 1 fully saturated rings.